The molecule has 0 atom stereocenters. The van der Waals surface area contributed by atoms with Gasteiger partial charge in [-0.15, -0.1) is 11.3 Å². The molecule has 0 unspecified atom stereocenters. The number of fused-ring (bicyclic) bond motifs is 3. The Balaban J connectivity index is 1.44. The Morgan fingerprint density at radius 3 is 2.50 bits per heavy atom. The standard InChI is InChI=1S/C22H25FN4O3S2/c1-30-14-19-24-21(20-17-4-2-3-5-18(17)31-22(20)25-19)26-10-12-27(13-11-26)32(28,29)16-8-6-15(23)7-9-16/h6-9H,2-5,10-14H2,1H3. The van der Waals surface area contributed by atoms with Crippen LogP contribution in [0.3, 0.4) is 0 Å². The van der Waals surface area contributed by atoms with E-state index < -0.39 is 15.8 Å². The number of anilines is 1. The van der Waals surface area contributed by atoms with Gasteiger partial charge in [0.1, 0.15) is 23.1 Å². The molecular weight excluding hydrogens is 451 g/mol. The number of sulfonamides is 1. The van der Waals surface area contributed by atoms with Gasteiger partial charge in [0.05, 0.1) is 10.3 Å². The van der Waals surface area contributed by atoms with E-state index in [0.29, 0.717) is 38.6 Å². The van der Waals surface area contributed by atoms with Gasteiger partial charge in [-0.3, -0.25) is 0 Å². The monoisotopic (exact) mass is 476 g/mol. The topological polar surface area (TPSA) is 75.6 Å². The molecule has 7 nitrogen and oxygen atoms in total. The zero-order chi connectivity index (χ0) is 22.3. The smallest absolute Gasteiger partial charge is 0.243 e. The lowest BCUT2D eigenvalue weighted by molar-refractivity contribution is 0.178. The minimum Gasteiger partial charge on any atom is -0.377 e. The van der Waals surface area contributed by atoms with Crippen LogP contribution in [0.1, 0.15) is 29.1 Å². The molecule has 3 aromatic rings. The molecule has 0 N–H and O–H groups in total. The highest BCUT2D eigenvalue weighted by Gasteiger charge is 2.31. The van der Waals surface area contributed by atoms with E-state index in [0.717, 1.165) is 28.9 Å². The quantitative estimate of drug-likeness (QED) is 0.562. The molecule has 1 saturated heterocycles. The maximum Gasteiger partial charge on any atom is 0.243 e. The van der Waals surface area contributed by atoms with Gasteiger partial charge in [-0.1, -0.05) is 0 Å². The van der Waals surface area contributed by atoms with E-state index in [9.17, 15) is 12.8 Å². The molecule has 1 aliphatic carbocycles. The lowest BCUT2D eigenvalue weighted by Crippen LogP contribution is -2.49. The number of thiophene rings is 1. The molecule has 2 aromatic heterocycles. The minimum absolute atomic E-state index is 0.117. The molecule has 170 valence electrons. The number of piperazine rings is 1. The second-order valence-corrected chi connectivity index (χ2v) is 11.2. The summed E-state index contributed by atoms with van der Waals surface area (Å²) in [5, 5.41) is 1.12. The number of rotatable bonds is 5. The summed E-state index contributed by atoms with van der Waals surface area (Å²) in [5.74, 6) is 1.09. The van der Waals surface area contributed by atoms with Crippen molar-refractivity contribution in [3.05, 3.63) is 46.3 Å². The third-order valence-corrected chi connectivity index (χ3v) is 9.20. The van der Waals surface area contributed by atoms with Gasteiger partial charge in [-0.2, -0.15) is 4.31 Å². The van der Waals surface area contributed by atoms with Crippen LogP contribution in [0.2, 0.25) is 0 Å². The van der Waals surface area contributed by atoms with E-state index in [1.54, 1.807) is 18.4 Å². The Morgan fingerprint density at radius 2 is 1.78 bits per heavy atom. The molecule has 0 saturated carbocycles. The van der Waals surface area contributed by atoms with Crippen LogP contribution < -0.4 is 4.90 Å². The van der Waals surface area contributed by atoms with Gasteiger partial charge < -0.3 is 9.64 Å². The summed E-state index contributed by atoms with van der Waals surface area (Å²) in [7, 11) is -2.03. The summed E-state index contributed by atoms with van der Waals surface area (Å²) in [6.07, 6.45) is 4.49. The summed E-state index contributed by atoms with van der Waals surface area (Å²) in [6, 6.07) is 4.99. The highest BCUT2D eigenvalue weighted by molar-refractivity contribution is 7.89. The van der Waals surface area contributed by atoms with Gasteiger partial charge in [0.15, 0.2) is 5.82 Å². The van der Waals surface area contributed by atoms with Crippen molar-refractivity contribution in [1.82, 2.24) is 14.3 Å². The largest absolute Gasteiger partial charge is 0.377 e. The van der Waals surface area contributed by atoms with Crippen LogP contribution in [0.15, 0.2) is 29.2 Å². The molecule has 5 rings (SSSR count). The van der Waals surface area contributed by atoms with Crippen molar-refractivity contribution < 1.29 is 17.5 Å². The zero-order valence-electron chi connectivity index (χ0n) is 17.9. The van der Waals surface area contributed by atoms with Crippen molar-refractivity contribution in [2.45, 2.75) is 37.2 Å². The van der Waals surface area contributed by atoms with E-state index in [4.69, 9.17) is 14.7 Å². The SMILES string of the molecule is COCc1nc(N2CCN(S(=O)(=O)c3ccc(F)cc3)CC2)c2c3c(sc2n1)CCCC3. The molecule has 1 aromatic carbocycles. The average Bonchev–Trinajstić information content (AvgIpc) is 3.17. The first-order valence-corrected chi connectivity index (χ1v) is 13.0. The van der Waals surface area contributed by atoms with E-state index in [1.165, 1.54) is 51.9 Å². The minimum atomic E-state index is -3.66. The Morgan fingerprint density at radius 1 is 1.06 bits per heavy atom. The molecule has 1 fully saturated rings. The number of hydrogen-bond donors (Lipinski definition) is 0. The molecule has 32 heavy (non-hydrogen) atoms. The van der Waals surface area contributed by atoms with Crippen LogP contribution in [0.25, 0.3) is 10.2 Å². The molecule has 3 heterocycles. The summed E-state index contributed by atoms with van der Waals surface area (Å²) in [5.41, 5.74) is 1.36. The van der Waals surface area contributed by atoms with Gasteiger partial charge in [-0.25, -0.2) is 22.8 Å². The molecule has 10 heteroatoms. The van der Waals surface area contributed by atoms with Gasteiger partial charge in [0.25, 0.3) is 0 Å². The highest BCUT2D eigenvalue weighted by atomic mass is 32.2. The summed E-state index contributed by atoms with van der Waals surface area (Å²) in [6.45, 7) is 2.09. The number of halogens is 1. The van der Waals surface area contributed by atoms with Crippen LogP contribution in [-0.4, -0.2) is 56.0 Å². The fourth-order valence-electron chi connectivity index (χ4n) is 4.50. The number of hydrogen-bond acceptors (Lipinski definition) is 7. The Kier molecular flexibility index (Phi) is 5.87. The van der Waals surface area contributed by atoms with Crippen LogP contribution in [0.5, 0.6) is 0 Å². The lowest BCUT2D eigenvalue weighted by Gasteiger charge is -2.35. The number of nitrogens with zero attached hydrogens (tertiary/aromatic N) is 4. The zero-order valence-corrected chi connectivity index (χ0v) is 19.5. The number of aromatic nitrogens is 2. The van der Waals surface area contributed by atoms with Crippen LogP contribution >= 0.6 is 11.3 Å². The van der Waals surface area contributed by atoms with Gasteiger partial charge in [0, 0.05) is 38.2 Å². The predicted octanol–water partition coefficient (Wildman–Crippen LogP) is 3.37. The van der Waals surface area contributed by atoms with Gasteiger partial charge in [0.2, 0.25) is 10.0 Å². The molecular formula is C22H25FN4O3S2. The third kappa shape index (κ3) is 3.89. The Bertz CT molecular complexity index is 1240. The fourth-order valence-corrected chi connectivity index (χ4v) is 7.20. The van der Waals surface area contributed by atoms with Crippen molar-refractivity contribution in [2.24, 2.45) is 0 Å². The Labute approximate surface area is 190 Å². The summed E-state index contributed by atoms with van der Waals surface area (Å²) in [4.78, 5) is 14.3. The van der Waals surface area contributed by atoms with Crippen LogP contribution in [-0.2, 0) is 34.2 Å². The molecule has 0 amide bonds. The van der Waals surface area contributed by atoms with Crippen molar-refractivity contribution >= 4 is 37.4 Å². The Hall–Kier alpha value is -2.14. The first-order chi connectivity index (χ1) is 15.5. The highest BCUT2D eigenvalue weighted by Crippen LogP contribution is 2.40. The predicted molar refractivity (Wildman–Crippen MR) is 122 cm³/mol. The lowest BCUT2D eigenvalue weighted by atomic mass is 9.97. The van der Waals surface area contributed by atoms with Crippen molar-refractivity contribution in [1.29, 1.82) is 0 Å². The second-order valence-electron chi connectivity index (χ2n) is 8.13. The van der Waals surface area contributed by atoms with Crippen molar-refractivity contribution in [3.8, 4) is 0 Å². The number of aryl methyl sites for hydroxylation is 2. The van der Waals surface area contributed by atoms with Crippen LogP contribution in [0, 0.1) is 5.82 Å². The van der Waals surface area contributed by atoms with E-state index in [1.807, 2.05) is 0 Å². The molecule has 0 radical (unpaired) electrons. The second kappa shape index (κ2) is 8.66. The van der Waals surface area contributed by atoms with Crippen molar-refractivity contribution in [2.75, 3.05) is 38.2 Å². The van der Waals surface area contributed by atoms with Crippen molar-refractivity contribution in [3.63, 3.8) is 0 Å². The summed E-state index contributed by atoms with van der Waals surface area (Å²) < 4.78 is 46.0. The number of methoxy groups -OCH3 is 1. The fraction of sp³-hybridized carbons (Fsp3) is 0.455. The first kappa shape index (κ1) is 21.7. The third-order valence-electron chi connectivity index (χ3n) is 6.10. The molecule has 1 aliphatic heterocycles. The maximum absolute atomic E-state index is 13.2. The molecule has 0 bridgehead atoms. The molecule has 0 spiro atoms. The average molecular weight is 477 g/mol. The van der Waals surface area contributed by atoms with E-state index >= 15 is 0 Å². The van der Waals surface area contributed by atoms with Crippen LogP contribution in [0.4, 0.5) is 10.2 Å². The number of benzene rings is 1. The normalized spacial score (nSPS) is 17.6. The van der Waals surface area contributed by atoms with E-state index in [2.05, 4.69) is 4.90 Å². The van der Waals surface area contributed by atoms with E-state index in [-0.39, 0.29) is 4.90 Å². The van der Waals surface area contributed by atoms with Gasteiger partial charge >= 0.3 is 0 Å². The summed E-state index contributed by atoms with van der Waals surface area (Å²) >= 11 is 1.75. The maximum atomic E-state index is 13.2. The number of ether oxygens (including phenoxy) is 1. The molecule has 2 aliphatic rings. The van der Waals surface area contributed by atoms with Gasteiger partial charge in [-0.05, 0) is 55.5 Å². The first-order valence-electron chi connectivity index (χ1n) is 10.8.